The van der Waals surface area contributed by atoms with Crippen LogP contribution in [0.2, 0.25) is 0 Å². The number of benzene rings is 2. The SMILES string of the molecule is CCOc1ccc(NC(=O)C(C)OC(=O)CCc2cc(OC)c(OC)c(OC)c2)cc1. The Hall–Kier alpha value is -3.42. The Bertz CT molecular complexity index is 855. The molecule has 0 aromatic heterocycles. The number of ether oxygens (including phenoxy) is 5. The maximum Gasteiger partial charge on any atom is 0.306 e. The lowest BCUT2D eigenvalue weighted by Gasteiger charge is -2.15. The number of methoxy groups -OCH3 is 3. The fourth-order valence-corrected chi connectivity index (χ4v) is 2.88. The first-order chi connectivity index (χ1) is 14.9. The van der Waals surface area contributed by atoms with Gasteiger partial charge in [-0.05, 0) is 62.2 Å². The first-order valence-electron chi connectivity index (χ1n) is 9.93. The third kappa shape index (κ3) is 6.80. The number of hydrogen-bond acceptors (Lipinski definition) is 7. The van der Waals surface area contributed by atoms with Crippen LogP contribution in [0.25, 0.3) is 0 Å². The summed E-state index contributed by atoms with van der Waals surface area (Å²) in [5, 5.41) is 2.71. The van der Waals surface area contributed by atoms with Gasteiger partial charge < -0.3 is 29.0 Å². The molecule has 8 heteroatoms. The van der Waals surface area contributed by atoms with Crippen LogP contribution in [0.4, 0.5) is 5.69 Å². The van der Waals surface area contributed by atoms with E-state index in [-0.39, 0.29) is 6.42 Å². The molecule has 2 rings (SSSR count). The van der Waals surface area contributed by atoms with Crippen LogP contribution in [0, 0.1) is 0 Å². The highest BCUT2D eigenvalue weighted by Gasteiger charge is 2.19. The van der Waals surface area contributed by atoms with Crippen LogP contribution >= 0.6 is 0 Å². The molecule has 0 aliphatic carbocycles. The summed E-state index contributed by atoms with van der Waals surface area (Å²) in [5.41, 5.74) is 1.41. The summed E-state index contributed by atoms with van der Waals surface area (Å²) in [4.78, 5) is 24.5. The molecular weight excluding hydrogens is 402 g/mol. The van der Waals surface area contributed by atoms with Gasteiger partial charge in [0.15, 0.2) is 17.6 Å². The van der Waals surface area contributed by atoms with Crippen molar-refractivity contribution in [3.63, 3.8) is 0 Å². The summed E-state index contributed by atoms with van der Waals surface area (Å²) in [6.07, 6.45) is -0.443. The maximum atomic E-state index is 12.3. The predicted molar refractivity (Wildman–Crippen MR) is 116 cm³/mol. The van der Waals surface area contributed by atoms with E-state index in [2.05, 4.69) is 5.32 Å². The van der Waals surface area contributed by atoms with Crippen LogP contribution < -0.4 is 24.3 Å². The molecule has 0 radical (unpaired) electrons. The van der Waals surface area contributed by atoms with Crippen molar-refractivity contribution in [1.82, 2.24) is 0 Å². The van der Waals surface area contributed by atoms with Gasteiger partial charge in [-0.15, -0.1) is 0 Å². The molecule has 2 aromatic rings. The summed E-state index contributed by atoms with van der Waals surface area (Å²) in [6.45, 7) is 3.99. The number of nitrogens with one attached hydrogen (secondary N) is 1. The number of esters is 1. The number of aryl methyl sites for hydroxylation is 1. The van der Waals surface area contributed by atoms with Gasteiger partial charge in [0.2, 0.25) is 5.75 Å². The molecule has 0 saturated carbocycles. The molecule has 0 fully saturated rings. The van der Waals surface area contributed by atoms with E-state index in [0.29, 0.717) is 41.7 Å². The van der Waals surface area contributed by atoms with Crippen LogP contribution in [0.3, 0.4) is 0 Å². The Morgan fingerprint density at radius 1 is 0.968 bits per heavy atom. The van der Waals surface area contributed by atoms with E-state index in [0.717, 1.165) is 5.56 Å². The molecule has 2 aromatic carbocycles. The second kappa shape index (κ2) is 11.7. The fourth-order valence-electron chi connectivity index (χ4n) is 2.88. The monoisotopic (exact) mass is 431 g/mol. The van der Waals surface area contributed by atoms with E-state index < -0.39 is 18.0 Å². The molecule has 1 unspecified atom stereocenters. The van der Waals surface area contributed by atoms with Crippen LogP contribution in [-0.2, 0) is 20.7 Å². The Morgan fingerprint density at radius 3 is 2.10 bits per heavy atom. The normalized spacial score (nSPS) is 11.3. The smallest absolute Gasteiger partial charge is 0.306 e. The second-order valence-electron chi connectivity index (χ2n) is 6.61. The molecule has 0 saturated heterocycles. The zero-order valence-electron chi connectivity index (χ0n) is 18.5. The minimum atomic E-state index is -0.931. The topological polar surface area (TPSA) is 92.3 Å². The zero-order chi connectivity index (χ0) is 22.8. The number of rotatable bonds is 11. The van der Waals surface area contributed by atoms with Crippen molar-refractivity contribution in [3.05, 3.63) is 42.0 Å². The second-order valence-corrected chi connectivity index (χ2v) is 6.61. The molecule has 0 bridgehead atoms. The molecule has 168 valence electrons. The van der Waals surface area contributed by atoms with Gasteiger partial charge in [0.25, 0.3) is 5.91 Å². The van der Waals surface area contributed by atoms with Gasteiger partial charge in [0.1, 0.15) is 5.75 Å². The third-order valence-corrected chi connectivity index (χ3v) is 4.45. The molecule has 8 nitrogen and oxygen atoms in total. The Kier molecular flexibility index (Phi) is 8.99. The lowest BCUT2D eigenvalue weighted by molar-refractivity contribution is -0.153. The summed E-state index contributed by atoms with van der Waals surface area (Å²) in [7, 11) is 4.58. The molecule has 0 aliphatic heterocycles. The van der Waals surface area contributed by atoms with Gasteiger partial charge in [-0.2, -0.15) is 0 Å². The van der Waals surface area contributed by atoms with Crippen molar-refractivity contribution in [2.24, 2.45) is 0 Å². The summed E-state index contributed by atoms with van der Waals surface area (Å²) in [5.74, 6) is 1.32. The van der Waals surface area contributed by atoms with Crippen molar-refractivity contribution in [2.45, 2.75) is 32.8 Å². The van der Waals surface area contributed by atoms with Crippen LogP contribution in [0.1, 0.15) is 25.8 Å². The molecule has 1 N–H and O–H groups in total. The molecule has 0 aliphatic rings. The zero-order valence-corrected chi connectivity index (χ0v) is 18.5. The number of carbonyl (C=O) groups excluding carboxylic acids is 2. The van der Waals surface area contributed by atoms with Gasteiger partial charge >= 0.3 is 5.97 Å². The standard InChI is InChI=1S/C23H29NO7/c1-6-30-18-10-8-17(9-11-18)24-23(26)15(2)31-21(25)12-7-16-13-19(27-3)22(29-5)20(14-16)28-4/h8-11,13-15H,6-7,12H2,1-5H3,(H,24,26). The van der Waals surface area contributed by atoms with E-state index in [1.54, 1.807) is 36.4 Å². The highest BCUT2D eigenvalue weighted by Crippen LogP contribution is 2.38. The lowest BCUT2D eigenvalue weighted by atomic mass is 10.1. The Morgan fingerprint density at radius 2 is 1.58 bits per heavy atom. The van der Waals surface area contributed by atoms with Crippen LogP contribution in [0.15, 0.2) is 36.4 Å². The number of anilines is 1. The molecule has 31 heavy (non-hydrogen) atoms. The number of hydrogen-bond donors (Lipinski definition) is 1. The molecule has 1 amide bonds. The Labute approximate surface area is 182 Å². The van der Waals surface area contributed by atoms with E-state index in [1.807, 2.05) is 6.92 Å². The molecule has 1 atom stereocenters. The van der Waals surface area contributed by atoms with Crippen LogP contribution in [-0.4, -0.2) is 45.9 Å². The molecule has 0 heterocycles. The van der Waals surface area contributed by atoms with Crippen molar-refractivity contribution in [1.29, 1.82) is 0 Å². The molecular formula is C23H29NO7. The fraction of sp³-hybridized carbons (Fsp3) is 0.391. The van der Waals surface area contributed by atoms with Gasteiger partial charge in [0.05, 0.1) is 27.9 Å². The number of amides is 1. The predicted octanol–water partition coefficient (Wildman–Crippen LogP) is 3.61. The highest BCUT2D eigenvalue weighted by atomic mass is 16.5. The van der Waals surface area contributed by atoms with Gasteiger partial charge in [-0.25, -0.2) is 0 Å². The van der Waals surface area contributed by atoms with E-state index in [1.165, 1.54) is 28.3 Å². The van der Waals surface area contributed by atoms with Crippen molar-refractivity contribution >= 4 is 17.6 Å². The van der Waals surface area contributed by atoms with E-state index in [9.17, 15) is 9.59 Å². The van der Waals surface area contributed by atoms with E-state index >= 15 is 0 Å². The largest absolute Gasteiger partial charge is 0.494 e. The van der Waals surface area contributed by atoms with E-state index in [4.69, 9.17) is 23.7 Å². The third-order valence-electron chi connectivity index (χ3n) is 4.45. The average molecular weight is 431 g/mol. The van der Waals surface area contributed by atoms with Crippen LogP contribution in [0.5, 0.6) is 23.0 Å². The maximum absolute atomic E-state index is 12.3. The van der Waals surface area contributed by atoms with Crippen molar-refractivity contribution in [2.75, 3.05) is 33.3 Å². The van der Waals surface area contributed by atoms with Crippen molar-refractivity contribution in [3.8, 4) is 23.0 Å². The minimum absolute atomic E-state index is 0.0965. The van der Waals surface area contributed by atoms with Gasteiger partial charge in [-0.1, -0.05) is 0 Å². The first kappa shape index (κ1) is 23.9. The quantitative estimate of drug-likeness (QED) is 0.543. The summed E-state index contributed by atoms with van der Waals surface area (Å²) >= 11 is 0. The summed E-state index contributed by atoms with van der Waals surface area (Å²) in [6, 6.07) is 10.5. The lowest BCUT2D eigenvalue weighted by Crippen LogP contribution is -2.30. The minimum Gasteiger partial charge on any atom is -0.494 e. The van der Waals surface area contributed by atoms with Gasteiger partial charge in [0, 0.05) is 12.1 Å². The number of carbonyl (C=O) groups is 2. The van der Waals surface area contributed by atoms with Gasteiger partial charge in [-0.3, -0.25) is 9.59 Å². The first-order valence-corrected chi connectivity index (χ1v) is 9.93. The Balaban J connectivity index is 1.89. The average Bonchev–Trinajstić information content (AvgIpc) is 2.78. The highest BCUT2D eigenvalue weighted by molar-refractivity contribution is 5.95. The molecule has 0 spiro atoms. The summed E-state index contributed by atoms with van der Waals surface area (Å²) < 4.78 is 26.6. The van der Waals surface area contributed by atoms with Crippen molar-refractivity contribution < 1.29 is 33.3 Å².